The highest BCUT2D eigenvalue weighted by atomic mass is 16.7. The second-order valence-electron chi connectivity index (χ2n) is 4.88. The predicted octanol–water partition coefficient (Wildman–Crippen LogP) is 1.70. The van der Waals surface area contributed by atoms with Crippen molar-refractivity contribution in [3.8, 4) is 11.8 Å². The Morgan fingerprint density at radius 2 is 1.91 bits per heavy atom. The molecule has 0 aliphatic carbocycles. The van der Waals surface area contributed by atoms with E-state index in [0.717, 1.165) is 6.20 Å². The van der Waals surface area contributed by atoms with Crippen LogP contribution < -0.4 is 10.1 Å². The number of nitriles is 1. The summed E-state index contributed by atoms with van der Waals surface area (Å²) < 4.78 is 15.1. The minimum absolute atomic E-state index is 0.297. The summed E-state index contributed by atoms with van der Waals surface area (Å²) in [7, 11) is 1.44. The number of anilines is 1. The maximum absolute atomic E-state index is 11.8. The van der Waals surface area contributed by atoms with Gasteiger partial charge in [0.15, 0.2) is 5.57 Å². The Balaban J connectivity index is 2.32. The van der Waals surface area contributed by atoms with Gasteiger partial charge in [0.2, 0.25) is 0 Å². The normalized spacial score (nSPS) is 16.2. The lowest BCUT2D eigenvalue weighted by Crippen LogP contribution is -2.42. The second kappa shape index (κ2) is 5.77. The number of hydrogen-bond donors (Lipinski definition) is 1. The van der Waals surface area contributed by atoms with Gasteiger partial charge in [0.25, 0.3) is 5.79 Å². The summed E-state index contributed by atoms with van der Waals surface area (Å²) >= 11 is 0. The van der Waals surface area contributed by atoms with Crippen molar-refractivity contribution in [1.82, 2.24) is 0 Å². The molecule has 1 aromatic carbocycles. The quantitative estimate of drug-likeness (QED) is 0.515. The summed E-state index contributed by atoms with van der Waals surface area (Å²) in [6, 6.07) is 6.86. The van der Waals surface area contributed by atoms with Gasteiger partial charge in [0.1, 0.15) is 11.8 Å². The number of hydrogen-bond acceptors (Lipinski definition) is 7. The van der Waals surface area contributed by atoms with Crippen molar-refractivity contribution < 1.29 is 23.8 Å². The predicted molar refractivity (Wildman–Crippen MR) is 75.7 cm³/mol. The molecule has 1 aliphatic heterocycles. The first-order valence-electron chi connectivity index (χ1n) is 6.38. The lowest BCUT2D eigenvalue weighted by molar-refractivity contribution is -0.222. The number of methoxy groups -OCH3 is 1. The molecule has 1 aromatic rings. The molecule has 1 fully saturated rings. The average Bonchev–Trinajstić information content (AvgIpc) is 2.44. The highest BCUT2D eigenvalue weighted by Crippen LogP contribution is 2.29. The third-order valence-electron chi connectivity index (χ3n) is 2.84. The van der Waals surface area contributed by atoms with Crippen LogP contribution >= 0.6 is 0 Å². The van der Waals surface area contributed by atoms with Crippen LogP contribution in [0.1, 0.15) is 19.4 Å². The summed E-state index contributed by atoms with van der Waals surface area (Å²) in [4.78, 5) is 23.6. The van der Waals surface area contributed by atoms with Crippen molar-refractivity contribution in [2.75, 3.05) is 12.4 Å². The number of cyclic esters (lactones) is 2. The molecule has 1 N–H and O–H groups in total. The van der Waals surface area contributed by atoms with Crippen molar-refractivity contribution in [3.05, 3.63) is 35.5 Å². The zero-order valence-corrected chi connectivity index (χ0v) is 12.3. The number of benzene rings is 1. The van der Waals surface area contributed by atoms with Crippen molar-refractivity contribution >= 4 is 17.6 Å². The van der Waals surface area contributed by atoms with E-state index < -0.39 is 17.7 Å². The van der Waals surface area contributed by atoms with Gasteiger partial charge in [0, 0.05) is 20.0 Å². The Kier molecular flexibility index (Phi) is 4.04. The molecule has 114 valence electrons. The SMILES string of the molecule is COc1cccc(C#N)c1NC=C1C(=O)OC(C)(C)OC1=O. The number of nitrogens with one attached hydrogen (secondary N) is 1. The first kappa shape index (κ1) is 15.4. The molecule has 0 aromatic heterocycles. The second-order valence-corrected chi connectivity index (χ2v) is 4.88. The minimum Gasteiger partial charge on any atom is -0.495 e. The lowest BCUT2D eigenvalue weighted by atomic mass is 10.1. The van der Waals surface area contributed by atoms with Crippen LogP contribution in [0.4, 0.5) is 5.69 Å². The van der Waals surface area contributed by atoms with Crippen molar-refractivity contribution in [2.24, 2.45) is 0 Å². The van der Waals surface area contributed by atoms with E-state index in [4.69, 9.17) is 19.5 Å². The summed E-state index contributed by atoms with van der Waals surface area (Å²) in [5, 5.41) is 11.8. The first-order chi connectivity index (χ1) is 10.4. The smallest absolute Gasteiger partial charge is 0.350 e. The fraction of sp³-hybridized carbons (Fsp3) is 0.267. The molecule has 2 rings (SSSR count). The number of ether oxygens (including phenoxy) is 3. The van der Waals surface area contributed by atoms with Gasteiger partial charge in [-0.2, -0.15) is 5.26 Å². The molecule has 1 aliphatic rings. The Morgan fingerprint density at radius 1 is 1.27 bits per heavy atom. The van der Waals surface area contributed by atoms with Gasteiger partial charge < -0.3 is 19.5 Å². The lowest BCUT2D eigenvalue weighted by Gasteiger charge is -2.29. The Bertz CT molecular complexity index is 678. The zero-order valence-electron chi connectivity index (χ0n) is 12.3. The monoisotopic (exact) mass is 302 g/mol. The first-order valence-corrected chi connectivity index (χ1v) is 6.38. The number of para-hydroxylation sites is 1. The number of esters is 2. The molecule has 0 spiro atoms. The molecular weight excluding hydrogens is 288 g/mol. The zero-order chi connectivity index (χ0) is 16.3. The molecule has 1 heterocycles. The third-order valence-corrected chi connectivity index (χ3v) is 2.84. The fourth-order valence-corrected chi connectivity index (χ4v) is 1.87. The molecular formula is C15H14N2O5. The topological polar surface area (TPSA) is 97.7 Å². The third kappa shape index (κ3) is 3.01. The Hall–Kier alpha value is -3.01. The Morgan fingerprint density at radius 3 is 2.45 bits per heavy atom. The number of carbonyl (C=O) groups excluding carboxylic acids is 2. The van der Waals surface area contributed by atoms with Gasteiger partial charge in [-0.1, -0.05) is 6.07 Å². The van der Waals surface area contributed by atoms with E-state index in [9.17, 15) is 9.59 Å². The summed E-state index contributed by atoms with van der Waals surface area (Å²) in [5.41, 5.74) is 0.341. The molecule has 1 saturated heterocycles. The summed E-state index contributed by atoms with van der Waals surface area (Å²) in [6.07, 6.45) is 1.14. The molecule has 7 nitrogen and oxygen atoms in total. The molecule has 0 unspecified atom stereocenters. The van der Waals surface area contributed by atoms with Crippen LogP contribution in [0, 0.1) is 11.3 Å². The van der Waals surface area contributed by atoms with Crippen molar-refractivity contribution in [3.63, 3.8) is 0 Å². The molecule has 0 saturated carbocycles. The number of rotatable bonds is 3. The van der Waals surface area contributed by atoms with Crippen LogP contribution in [-0.2, 0) is 19.1 Å². The van der Waals surface area contributed by atoms with E-state index in [2.05, 4.69) is 5.32 Å². The van der Waals surface area contributed by atoms with E-state index in [1.807, 2.05) is 6.07 Å². The van der Waals surface area contributed by atoms with Gasteiger partial charge >= 0.3 is 11.9 Å². The van der Waals surface area contributed by atoms with Crippen LogP contribution in [0.2, 0.25) is 0 Å². The van der Waals surface area contributed by atoms with Gasteiger partial charge in [-0.25, -0.2) is 9.59 Å². The van der Waals surface area contributed by atoms with Crippen LogP contribution in [-0.4, -0.2) is 24.8 Å². The van der Waals surface area contributed by atoms with Crippen LogP contribution in [0.3, 0.4) is 0 Å². The molecule has 7 heteroatoms. The maximum Gasteiger partial charge on any atom is 0.350 e. The highest BCUT2D eigenvalue weighted by molar-refractivity contribution is 6.15. The van der Waals surface area contributed by atoms with Gasteiger partial charge in [0.05, 0.1) is 18.4 Å². The number of nitrogens with zero attached hydrogens (tertiary/aromatic N) is 1. The molecule has 0 atom stereocenters. The standard InChI is InChI=1S/C15H14N2O5/c1-15(2)21-13(18)10(14(19)22-15)8-17-12-9(7-16)5-4-6-11(12)20-3/h4-6,8,17H,1-3H3. The summed E-state index contributed by atoms with van der Waals surface area (Å²) in [5.74, 6) is -2.51. The van der Waals surface area contributed by atoms with E-state index in [-0.39, 0.29) is 5.57 Å². The Labute approximate surface area is 127 Å². The molecule has 0 amide bonds. The summed E-state index contributed by atoms with van der Waals surface area (Å²) in [6.45, 7) is 2.92. The van der Waals surface area contributed by atoms with Crippen LogP contribution in [0.15, 0.2) is 30.0 Å². The molecule has 0 bridgehead atoms. The van der Waals surface area contributed by atoms with Gasteiger partial charge in [-0.15, -0.1) is 0 Å². The van der Waals surface area contributed by atoms with E-state index in [0.29, 0.717) is 17.0 Å². The largest absolute Gasteiger partial charge is 0.495 e. The van der Waals surface area contributed by atoms with Crippen molar-refractivity contribution in [2.45, 2.75) is 19.6 Å². The molecule has 22 heavy (non-hydrogen) atoms. The maximum atomic E-state index is 11.8. The van der Waals surface area contributed by atoms with Crippen LogP contribution in [0.5, 0.6) is 5.75 Å². The van der Waals surface area contributed by atoms with E-state index in [1.165, 1.54) is 21.0 Å². The van der Waals surface area contributed by atoms with Crippen LogP contribution in [0.25, 0.3) is 0 Å². The van der Waals surface area contributed by atoms with E-state index >= 15 is 0 Å². The number of carbonyl (C=O) groups is 2. The highest BCUT2D eigenvalue weighted by Gasteiger charge is 2.39. The van der Waals surface area contributed by atoms with Crippen molar-refractivity contribution in [1.29, 1.82) is 5.26 Å². The molecule has 0 radical (unpaired) electrons. The van der Waals surface area contributed by atoms with E-state index in [1.54, 1.807) is 18.2 Å². The van der Waals surface area contributed by atoms with Gasteiger partial charge in [-0.05, 0) is 12.1 Å². The minimum atomic E-state index is -1.30. The average molecular weight is 302 g/mol. The van der Waals surface area contributed by atoms with Gasteiger partial charge in [-0.3, -0.25) is 0 Å². The fourth-order valence-electron chi connectivity index (χ4n) is 1.87.